The normalized spacial score (nSPS) is 38.6. The molecule has 0 spiro atoms. The summed E-state index contributed by atoms with van der Waals surface area (Å²) in [5, 5.41) is 3.57. The van der Waals surface area contributed by atoms with E-state index in [0.29, 0.717) is 18.1 Å². The topological polar surface area (TPSA) is 38.3 Å². The number of rotatable bonds is 4. The SMILES string of the molecule is CS(=O)CCNC1C2CCCOC2C1(C)C. The molecule has 1 N–H and O–H groups in total. The van der Waals surface area contributed by atoms with Gasteiger partial charge < -0.3 is 10.1 Å². The van der Waals surface area contributed by atoms with E-state index in [9.17, 15) is 4.21 Å². The van der Waals surface area contributed by atoms with Crippen LogP contribution in [0.5, 0.6) is 0 Å². The lowest BCUT2D eigenvalue weighted by Gasteiger charge is -2.60. The highest BCUT2D eigenvalue weighted by atomic mass is 32.2. The Bertz CT molecular complexity index is 280. The largest absolute Gasteiger partial charge is 0.377 e. The molecule has 1 saturated heterocycles. The zero-order valence-electron chi connectivity index (χ0n) is 10.5. The summed E-state index contributed by atoms with van der Waals surface area (Å²) in [6, 6.07) is 0.543. The third kappa shape index (κ3) is 2.20. The number of fused-ring (bicyclic) bond motifs is 1. The van der Waals surface area contributed by atoms with Crippen LogP contribution in [0, 0.1) is 11.3 Å². The second-order valence-corrected chi connectivity index (χ2v) is 7.18. The van der Waals surface area contributed by atoms with Crippen molar-refractivity contribution in [1.82, 2.24) is 5.32 Å². The van der Waals surface area contributed by atoms with Crippen molar-refractivity contribution in [3.8, 4) is 0 Å². The zero-order chi connectivity index (χ0) is 11.8. The monoisotopic (exact) mass is 245 g/mol. The number of nitrogens with one attached hydrogen (secondary N) is 1. The molecule has 0 aromatic rings. The van der Waals surface area contributed by atoms with E-state index in [1.54, 1.807) is 6.26 Å². The van der Waals surface area contributed by atoms with Crippen LogP contribution in [0.15, 0.2) is 0 Å². The highest BCUT2D eigenvalue weighted by Gasteiger charge is 2.57. The van der Waals surface area contributed by atoms with Gasteiger partial charge in [-0.1, -0.05) is 13.8 Å². The van der Waals surface area contributed by atoms with Crippen molar-refractivity contribution in [2.75, 3.05) is 25.2 Å². The van der Waals surface area contributed by atoms with Crippen LogP contribution in [0.3, 0.4) is 0 Å². The van der Waals surface area contributed by atoms with Gasteiger partial charge in [-0.05, 0) is 12.8 Å². The molecule has 0 amide bonds. The second kappa shape index (κ2) is 4.75. The second-order valence-electron chi connectivity index (χ2n) is 5.63. The van der Waals surface area contributed by atoms with Gasteiger partial charge in [0.1, 0.15) is 0 Å². The van der Waals surface area contributed by atoms with Crippen molar-refractivity contribution in [1.29, 1.82) is 0 Å². The molecule has 1 saturated carbocycles. The molecule has 1 aliphatic heterocycles. The number of hydrogen-bond acceptors (Lipinski definition) is 3. The predicted molar refractivity (Wildman–Crippen MR) is 67.0 cm³/mol. The molecule has 3 nitrogen and oxygen atoms in total. The maximum Gasteiger partial charge on any atom is 0.0684 e. The molecule has 4 unspecified atom stereocenters. The highest BCUT2D eigenvalue weighted by Crippen LogP contribution is 2.51. The Morgan fingerprint density at radius 3 is 2.94 bits per heavy atom. The summed E-state index contributed by atoms with van der Waals surface area (Å²) in [7, 11) is -0.688. The van der Waals surface area contributed by atoms with Crippen molar-refractivity contribution in [3.63, 3.8) is 0 Å². The average molecular weight is 245 g/mol. The Labute approximate surface area is 101 Å². The van der Waals surface area contributed by atoms with E-state index in [4.69, 9.17) is 4.74 Å². The molecule has 2 rings (SSSR count). The maximum atomic E-state index is 11.0. The number of hydrogen-bond donors (Lipinski definition) is 1. The average Bonchev–Trinajstić information content (AvgIpc) is 2.24. The van der Waals surface area contributed by atoms with Gasteiger partial charge in [-0.3, -0.25) is 4.21 Å². The van der Waals surface area contributed by atoms with Crippen LogP contribution in [-0.2, 0) is 15.5 Å². The molecular formula is C12H23NO2S. The van der Waals surface area contributed by atoms with Gasteiger partial charge in [0, 0.05) is 53.3 Å². The van der Waals surface area contributed by atoms with Gasteiger partial charge in [-0.15, -0.1) is 0 Å². The fourth-order valence-corrected chi connectivity index (χ4v) is 3.70. The zero-order valence-corrected chi connectivity index (χ0v) is 11.3. The molecule has 4 atom stereocenters. The van der Waals surface area contributed by atoms with Gasteiger partial charge in [0.05, 0.1) is 6.10 Å². The van der Waals surface area contributed by atoms with Crippen LogP contribution in [0.2, 0.25) is 0 Å². The van der Waals surface area contributed by atoms with Crippen LogP contribution in [0.1, 0.15) is 26.7 Å². The van der Waals surface area contributed by atoms with E-state index < -0.39 is 10.8 Å². The van der Waals surface area contributed by atoms with E-state index in [1.807, 2.05) is 0 Å². The van der Waals surface area contributed by atoms with E-state index >= 15 is 0 Å². The lowest BCUT2D eigenvalue weighted by Crippen LogP contribution is -2.69. The van der Waals surface area contributed by atoms with Crippen molar-refractivity contribution in [3.05, 3.63) is 0 Å². The lowest BCUT2D eigenvalue weighted by atomic mass is 9.55. The molecule has 94 valence electrons. The summed E-state index contributed by atoms with van der Waals surface area (Å²) in [6.07, 6.45) is 4.67. The smallest absolute Gasteiger partial charge is 0.0684 e. The Morgan fingerprint density at radius 2 is 2.25 bits per heavy atom. The van der Waals surface area contributed by atoms with Gasteiger partial charge in [0.25, 0.3) is 0 Å². The lowest BCUT2D eigenvalue weighted by molar-refractivity contribution is -0.192. The van der Waals surface area contributed by atoms with Crippen LogP contribution >= 0.6 is 0 Å². The predicted octanol–water partition coefficient (Wildman–Crippen LogP) is 1.16. The first-order valence-electron chi connectivity index (χ1n) is 6.18. The summed E-state index contributed by atoms with van der Waals surface area (Å²) in [4.78, 5) is 0. The molecule has 0 aromatic carbocycles. The summed E-state index contributed by atoms with van der Waals surface area (Å²) in [5.41, 5.74) is 0.236. The van der Waals surface area contributed by atoms with Crippen molar-refractivity contribution in [2.45, 2.75) is 38.8 Å². The standard InChI is InChI=1S/C12H23NO2S/c1-12(2)10(13-6-8-16(3)14)9-5-4-7-15-11(9)12/h9-11,13H,4-8H2,1-3H3. The van der Waals surface area contributed by atoms with Crippen LogP contribution in [-0.4, -0.2) is 41.5 Å². The van der Waals surface area contributed by atoms with Crippen molar-refractivity contribution >= 4 is 10.8 Å². The minimum absolute atomic E-state index is 0.236. The van der Waals surface area contributed by atoms with E-state index in [-0.39, 0.29) is 5.41 Å². The van der Waals surface area contributed by atoms with Crippen molar-refractivity contribution in [2.24, 2.45) is 11.3 Å². The first-order valence-corrected chi connectivity index (χ1v) is 7.91. The van der Waals surface area contributed by atoms with Crippen LogP contribution < -0.4 is 5.32 Å². The van der Waals surface area contributed by atoms with Gasteiger partial charge in [0.15, 0.2) is 0 Å². The van der Waals surface area contributed by atoms with Gasteiger partial charge in [0.2, 0.25) is 0 Å². The molecular weight excluding hydrogens is 222 g/mol. The third-order valence-electron chi connectivity index (χ3n) is 4.08. The fourth-order valence-electron chi connectivity index (χ4n) is 3.30. The highest BCUT2D eigenvalue weighted by molar-refractivity contribution is 7.84. The van der Waals surface area contributed by atoms with Gasteiger partial charge in [-0.25, -0.2) is 0 Å². The molecule has 1 heterocycles. The molecule has 1 aliphatic carbocycles. The van der Waals surface area contributed by atoms with Gasteiger partial charge in [-0.2, -0.15) is 0 Å². The minimum Gasteiger partial charge on any atom is -0.377 e. The molecule has 0 aromatic heterocycles. The molecule has 0 bridgehead atoms. The van der Waals surface area contributed by atoms with Crippen molar-refractivity contribution < 1.29 is 8.95 Å². The van der Waals surface area contributed by atoms with E-state index in [2.05, 4.69) is 19.2 Å². The fraction of sp³-hybridized carbons (Fsp3) is 1.00. The molecule has 16 heavy (non-hydrogen) atoms. The van der Waals surface area contributed by atoms with Crippen LogP contribution in [0.25, 0.3) is 0 Å². The quantitative estimate of drug-likeness (QED) is 0.808. The Balaban J connectivity index is 1.86. The summed E-state index contributed by atoms with van der Waals surface area (Å²) in [6.45, 7) is 6.34. The Morgan fingerprint density at radius 1 is 1.50 bits per heavy atom. The van der Waals surface area contributed by atoms with Gasteiger partial charge >= 0.3 is 0 Å². The first kappa shape index (κ1) is 12.5. The Hall–Kier alpha value is 0.0700. The van der Waals surface area contributed by atoms with Crippen LogP contribution in [0.4, 0.5) is 0 Å². The summed E-state index contributed by atoms with van der Waals surface area (Å²) in [5.74, 6) is 1.43. The van der Waals surface area contributed by atoms with E-state index in [1.165, 1.54) is 12.8 Å². The maximum absolute atomic E-state index is 11.0. The molecule has 0 radical (unpaired) electrons. The van der Waals surface area contributed by atoms with E-state index in [0.717, 1.165) is 18.9 Å². The number of ether oxygens (including phenoxy) is 1. The molecule has 4 heteroatoms. The Kier molecular flexibility index (Phi) is 3.72. The molecule has 2 aliphatic rings. The third-order valence-corrected chi connectivity index (χ3v) is 4.86. The summed E-state index contributed by atoms with van der Waals surface area (Å²) >= 11 is 0. The first-order chi connectivity index (χ1) is 7.53. The molecule has 2 fully saturated rings. The minimum atomic E-state index is -0.688. The summed E-state index contributed by atoms with van der Waals surface area (Å²) < 4.78 is 16.9.